The van der Waals surface area contributed by atoms with Crippen molar-refractivity contribution in [3.63, 3.8) is 0 Å². The van der Waals surface area contributed by atoms with Crippen molar-refractivity contribution in [1.82, 2.24) is 14.8 Å². The number of hydrogen-bond acceptors (Lipinski definition) is 4. The zero-order valence-electron chi connectivity index (χ0n) is 13.2. The largest absolute Gasteiger partial charge is 0.497 e. The molecule has 3 aromatic rings. The smallest absolute Gasteiger partial charge is 0.191 e. The summed E-state index contributed by atoms with van der Waals surface area (Å²) in [5.41, 5.74) is 1.85. The van der Waals surface area contributed by atoms with Crippen LogP contribution in [-0.2, 0) is 12.8 Å². The van der Waals surface area contributed by atoms with E-state index in [1.165, 1.54) is 0 Å². The summed E-state index contributed by atoms with van der Waals surface area (Å²) in [5, 5.41) is 10.7. The van der Waals surface area contributed by atoms with Crippen LogP contribution in [0.2, 0.25) is 10.0 Å². The van der Waals surface area contributed by atoms with Crippen LogP contribution in [0.3, 0.4) is 0 Å². The summed E-state index contributed by atoms with van der Waals surface area (Å²) in [5.74, 6) is 2.19. The molecular formula is C17H15Cl2N3OS. The van der Waals surface area contributed by atoms with E-state index in [0.29, 0.717) is 15.8 Å². The first kappa shape index (κ1) is 17.1. The van der Waals surface area contributed by atoms with E-state index in [9.17, 15) is 0 Å². The minimum Gasteiger partial charge on any atom is -0.497 e. The summed E-state index contributed by atoms with van der Waals surface area (Å²) in [6.45, 7) is 0. The predicted octanol–water partition coefficient (Wildman–Crippen LogP) is 5.09. The van der Waals surface area contributed by atoms with Crippen molar-refractivity contribution < 1.29 is 4.74 Å². The van der Waals surface area contributed by atoms with E-state index >= 15 is 0 Å². The number of aromatic nitrogens is 3. The summed E-state index contributed by atoms with van der Waals surface area (Å²) in [4.78, 5) is 0. The Morgan fingerprint density at radius 3 is 2.50 bits per heavy atom. The Labute approximate surface area is 154 Å². The molecule has 1 heterocycles. The molecule has 0 amide bonds. The molecule has 0 bridgehead atoms. The fraction of sp³-hybridized carbons (Fsp3) is 0.176. The fourth-order valence-electron chi connectivity index (χ4n) is 2.26. The van der Waals surface area contributed by atoms with E-state index in [-0.39, 0.29) is 0 Å². The van der Waals surface area contributed by atoms with Crippen LogP contribution < -0.4 is 4.74 Å². The molecule has 0 aliphatic heterocycles. The van der Waals surface area contributed by atoms with E-state index < -0.39 is 0 Å². The molecule has 7 heteroatoms. The summed E-state index contributed by atoms with van der Waals surface area (Å²) < 4.78 is 7.21. The van der Waals surface area contributed by atoms with Gasteiger partial charge in [-0.15, -0.1) is 10.2 Å². The Balaban J connectivity index is 1.82. The molecule has 0 unspecified atom stereocenters. The maximum absolute atomic E-state index is 6.22. The third kappa shape index (κ3) is 3.53. The first-order valence-electron chi connectivity index (χ1n) is 7.19. The highest BCUT2D eigenvalue weighted by molar-refractivity contribution is 7.98. The summed E-state index contributed by atoms with van der Waals surface area (Å²) in [6, 6.07) is 13.2. The molecule has 0 fully saturated rings. The van der Waals surface area contributed by atoms with Crippen molar-refractivity contribution in [3.05, 3.63) is 58.1 Å². The lowest BCUT2D eigenvalue weighted by molar-refractivity contribution is 0.415. The number of nitrogens with zero attached hydrogens (tertiary/aromatic N) is 3. The van der Waals surface area contributed by atoms with Crippen LogP contribution in [0.15, 0.2) is 47.6 Å². The van der Waals surface area contributed by atoms with Gasteiger partial charge >= 0.3 is 0 Å². The van der Waals surface area contributed by atoms with Gasteiger partial charge in [-0.1, -0.05) is 53.2 Å². The summed E-state index contributed by atoms with van der Waals surface area (Å²) in [6.07, 6.45) is 0. The molecule has 0 atom stereocenters. The SMILES string of the molecule is COc1cccc(-c2nnc(SCc3c(Cl)cccc3Cl)n2C)c1. The number of thioether (sulfide) groups is 1. The van der Waals surface area contributed by atoms with Crippen molar-refractivity contribution in [2.75, 3.05) is 7.11 Å². The minimum absolute atomic E-state index is 0.628. The van der Waals surface area contributed by atoms with Gasteiger partial charge in [0.25, 0.3) is 0 Å². The molecule has 0 radical (unpaired) electrons. The highest BCUT2D eigenvalue weighted by Crippen LogP contribution is 2.32. The van der Waals surface area contributed by atoms with Gasteiger partial charge in [-0.25, -0.2) is 0 Å². The maximum atomic E-state index is 6.22. The molecule has 0 N–H and O–H groups in total. The van der Waals surface area contributed by atoms with Crippen LogP contribution in [0, 0.1) is 0 Å². The third-order valence-corrected chi connectivity index (χ3v) is 5.33. The van der Waals surface area contributed by atoms with Gasteiger partial charge in [0.2, 0.25) is 0 Å². The molecule has 2 aromatic carbocycles. The minimum atomic E-state index is 0.628. The molecule has 1 aromatic heterocycles. The number of methoxy groups -OCH3 is 1. The molecule has 0 saturated carbocycles. The van der Waals surface area contributed by atoms with Crippen LogP contribution in [0.4, 0.5) is 0 Å². The average molecular weight is 380 g/mol. The Morgan fingerprint density at radius 1 is 1.08 bits per heavy atom. The van der Waals surface area contributed by atoms with Gasteiger partial charge in [-0.05, 0) is 29.8 Å². The van der Waals surface area contributed by atoms with Crippen LogP contribution in [0.25, 0.3) is 11.4 Å². The molecular weight excluding hydrogens is 365 g/mol. The normalized spacial score (nSPS) is 10.8. The second-order valence-corrected chi connectivity index (χ2v) is 6.84. The second kappa shape index (κ2) is 7.47. The van der Waals surface area contributed by atoms with Gasteiger partial charge in [0.05, 0.1) is 7.11 Å². The van der Waals surface area contributed by atoms with Gasteiger partial charge in [0.15, 0.2) is 11.0 Å². The van der Waals surface area contributed by atoms with E-state index in [1.54, 1.807) is 18.9 Å². The summed E-state index contributed by atoms with van der Waals surface area (Å²) in [7, 11) is 3.58. The topological polar surface area (TPSA) is 39.9 Å². The lowest BCUT2D eigenvalue weighted by Gasteiger charge is -2.07. The molecule has 0 saturated heterocycles. The number of hydrogen-bond donors (Lipinski definition) is 0. The van der Waals surface area contributed by atoms with Crippen molar-refractivity contribution in [2.45, 2.75) is 10.9 Å². The molecule has 24 heavy (non-hydrogen) atoms. The van der Waals surface area contributed by atoms with Gasteiger partial charge in [0, 0.05) is 28.4 Å². The number of halogens is 2. The lowest BCUT2D eigenvalue weighted by Crippen LogP contribution is -1.96. The highest BCUT2D eigenvalue weighted by Gasteiger charge is 2.13. The van der Waals surface area contributed by atoms with E-state index in [1.807, 2.05) is 54.1 Å². The first-order valence-corrected chi connectivity index (χ1v) is 8.94. The highest BCUT2D eigenvalue weighted by atomic mass is 35.5. The maximum Gasteiger partial charge on any atom is 0.191 e. The Bertz CT molecular complexity index is 847. The molecule has 0 aliphatic carbocycles. The zero-order valence-corrected chi connectivity index (χ0v) is 15.5. The van der Waals surface area contributed by atoms with Gasteiger partial charge in [-0.3, -0.25) is 0 Å². The Morgan fingerprint density at radius 2 is 1.79 bits per heavy atom. The average Bonchev–Trinajstić information content (AvgIpc) is 2.95. The Kier molecular flexibility index (Phi) is 5.33. The number of rotatable bonds is 5. The van der Waals surface area contributed by atoms with Gasteiger partial charge in [0.1, 0.15) is 5.75 Å². The molecule has 4 nitrogen and oxygen atoms in total. The van der Waals surface area contributed by atoms with Crippen molar-refractivity contribution in [1.29, 1.82) is 0 Å². The summed E-state index contributed by atoms with van der Waals surface area (Å²) >= 11 is 14.0. The van der Waals surface area contributed by atoms with Crippen LogP contribution in [-0.4, -0.2) is 21.9 Å². The quantitative estimate of drug-likeness (QED) is 0.578. The number of ether oxygens (including phenoxy) is 1. The van der Waals surface area contributed by atoms with Crippen molar-refractivity contribution in [3.8, 4) is 17.1 Å². The predicted molar refractivity (Wildman–Crippen MR) is 99.0 cm³/mol. The van der Waals surface area contributed by atoms with Crippen LogP contribution in [0.5, 0.6) is 5.75 Å². The van der Waals surface area contributed by atoms with E-state index in [4.69, 9.17) is 27.9 Å². The van der Waals surface area contributed by atoms with Crippen molar-refractivity contribution >= 4 is 35.0 Å². The second-order valence-electron chi connectivity index (χ2n) is 5.09. The standard InChI is InChI=1S/C17H15Cl2N3OS/c1-22-16(11-5-3-6-12(9-11)23-2)20-21-17(22)24-10-13-14(18)7-4-8-15(13)19/h3-9H,10H2,1-2H3. The number of benzene rings is 2. The molecule has 0 aliphatic rings. The van der Waals surface area contributed by atoms with Gasteiger partial charge in [-0.2, -0.15) is 0 Å². The molecule has 0 spiro atoms. The monoisotopic (exact) mass is 379 g/mol. The fourth-order valence-corrected chi connectivity index (χ4v) is 3.91. The van der Waals surface area contributed by atoms with Crippen LogP contribution >= 0.6 is 35.0 Å². The molecule has 124 valence electrons. The third-order valence-electron chi connectivity index (χ3n) is 3.57. The van der Waals surface area contributed by atoms with Crippen LogP contribution in [0.1, 0.15) is 5.56 Å². The van der Waals surface area contributed by atoms with Crippen molar-refractivity contribution in [2.24, 2.45) is 7.05 Å². The first-order chi connectivity index (χ1) is 11.6. The molecule has 3 rings (SSSR count). The Hall–Kier alpha value is -1.69. The lowest BCUT2D eigenvalue weighted by atomic mass is 10.2. The zero-order chi connectivity index (χ0) is 17.1. The van der Waals surface area contributed by atoms with Gasteiger partial charge < -0.3 is 9.30 Å². The van der Waals surface area contributed by atoms with E-state index in [0.717, 1.165) is 27.9 Å². The van der Waals surface area contributed by atoms with E-state index in [2.05, 4.69) is 10.2 Å².